The number of rotatable bonds is 8. The molecule has 1 fully saturated rings. The number of carbonyl (C=O) groups is 2. The second kappa shape index (κ2) is 8.44. The van der Waals surface area contributed by atoms with E-state index in [2.05, 4.69) is 5.32 Å². The number of nitrogens with one attached hydrogen (secondary N) is 1. The van der Waals surface area contributed by atoms with E-state index in [9.17, 15) is 18.0 Å². The molecule has 1 unspecified atom stereocenters. The van der Waals surface area contributed by atoms with Gasteiger partial charge in [-0.3, -0.25) is 9.59 Å². The van der Waals surface area contributed by atoms with Crippen LogP contribution in [0.3, 0.4) is 0 Å². The van der Waals surface area contributed by atoms with E-state index < -0.39 is 21.9 Å². The maximum absolute atomic E-state index is 12.4. The molecule has 0 saturated carbocycles. The van der Waals surface area contributed by atoms with E-state index in [4.69, 9.17) is 5.11 Å². The summed E-state index contributed by atoms with van der Waals surface area (Å²) in [4.78, 5) is 22.7. The molecule has 138 valence electrons. The molecule has 0 spiro atoms. The van der Waals surface area contributed by atoms with Gasteiger partial charge in [-0.1, -0.05) is 19.1 Å². The Morgan fingerprint density at radius 2 is 1.80 bits per heavy atom. The molecule has 1 aliphatic rings. The molecule has 2 N–H and O–H groups in total. The lowest BCUT2D eigenvalue weighted by atomic mass is 10.1. The molecule has 1 saturated heterocycles. The van der Waals surface area contributed by atoms with E-state index in [0.29, 0.717) is 19.5 Å². The van der Waals surface area contributed by atoms with Crippen molar-refractivity contribution in [3.8, 4) is 0 Å². The lowest BCUT2D eigenvalue weighted by Gasteiger charge is -2.15. The van der Waals surface area contributed by atoms with Crippen molar-refractivity contribution in [2.45, 2.75) is 37.5 Å². The summed E-state index contributed by atoms with van der Waals surface area (Å²) in [6, 6.07) is 6.59. The molecule has 1 aliphatic heterocycles. The number of carboxylic acid groups (broad SMARTS) is 1. The van der Waals surface area contributed by atoms with Crippen LogP contribution in [0.2, 0.25) is 0 Å². The third-order valence-electron chi connectivity index (χ3n) is 4.29. The smallest absolute Gasteiger partial charge is 0.308 e. The first kappa shape index (κ1) is 19.4. The predicted molar refractivity (Wildman–Crippen MR) is 92.6 cm³/mol. The highest BCUT2D eigenvalue weighted by atomic mass is 32.2. The first-order valence-electron chi connectivity index (χ1n) is 8.39. The number of aryl methyl sites for hydroxylation is 1. The zero-order chi connectivity index (χ0) is 18.4. The largest absolute Gasteiger partial charge is 0.481 e. The monoisotopic (exact) mass is 368 g/mol. The van der Waals surface area contributed by atoms with Crippen LogP contribution in [0, 0.1) is 5.92 Å². The van der Waals surface area contributed by atoms with Gasteiger partial charge in [-0.05, 0) is 37.0 Å². The summed E-state index contributed by atoms with van der Waals surface area (Å²) >= 11 is 0. The molecule has 1 aromatic carbocycles. The van der Waals surface area contributed by atoms with Gasteiger partial charge in [0.25, 0.3) is 0 Å². The van der Waals surface area contributed by atoms with Crippen LogP contribution in [0.15, 0.2) is 29.2 Å². The SMILES string of the molecule is CC(CNC(=O)CCc1ccc(S(=O)(=O)N2CCCC2)cc1)C(=O)O. The molecule has 25 heavy (non-hydrogen) atoms. The Kier molecular flexibility index (Phi) is 6.55. The fraction of sp³-hybridized carbons (Fsp3) is 0.529. The van der Waals surface area contributed by atoms with Crippen molar-refractivity contribution in [3.63, 3.8) is 0 Å². The van der Waals surface area contributed by atoms with Crippen molar-refractivity contribution in [2.24, 2.45) is 5.92 Å². The van der Waals surface area contributed by atoms with E-state index in [0.717, 1.165) is 18.4 Å². The number of hydrogen-bond acceptors (Lipinski definition) is 4. The van der Waals surface area contributed by atoms with Crippen molar-refractivity contribution < 1.29 is 23.1 Å². The number of benzene rings is 1. The molecule has 0 radical (unpaired) electrons. The molecule has 0 aromatic heterocycles. The zero-order valence-electron chi connectivity index (χ0n) is 14.3. The van der Waals surface area contributed by atoms with Gasteiger partial charge in [0.05, 0.1) is 10.8 Å². The number of carbonyl (C=O) groups excluding carboxylic acids is 1. The van der Waals surface area contributed by atoms with Crippen molar-refractivity contribution in [2.75, 3.05) is 19.6 Å². The molecule has 1 aromatic rings. The summed E-state index contributed by atoms with van der Waals surface area (Å²) in [5.74, 6) is -1.80. The minimum atomic E-state index is -3.41. The van der Waals surface area contributed by atoms with Gasteiger partial charge < -0.3 is 10.4 Å². The molecule has 8 heteroatoms. The highest BCUT2D eigenvalue weighted by Gasteiger charge is 2.26. The number of nitrogens with zero attached hydrogens (tertiary/aromatic N) is 1. The van der Waals surface area contributed by atoms with E-state index in [1.807, 2.05) is 0 Å². The third kappa shape index (κ3) is 5.27. The van der Waals surface area contributed by atoms with Gasteiger partial charge in [-0.2, -0.15) is 4.31 Å². The average Bonchev–Trinajstić information content (AvgIpc) is 3.13. The van der Waals surface area contributed by atoms with Gasteiger partial charge in [-0.25, -0.2) is 8.42 Å². The molecule has 1 atom stereocenters. The lowest BCUT2D eigenvalue weighted by Crippen LogP contribution is -2.31. The highest BCUT2D eigenvalue weighted by molar-refractivity contribution is 7.89. The Balaban J connectivity index is 1.86. The van der Waals surface area contributed by atoms with Crippen LogP contribution in [-0.2, 0) is 26.0 Å². The molecule has 2 rings (SSSR count). The number of amides is 1. The van der Waals surface area contributed by atoms with Crippen LogP contribution in [0.25, 0.3) is 0 Å². The van der Waals surface area contributed by atoms with Crippen molar-refractivity contribution >= 4 is 21.9 Å². The Hall–Kier alpha value is -1.93. The van der Waals surface area contributed by atoms with Gasteiger partial charge in [0.2, 0.25) is 15.9 Å². The number of hydrogen-bond donors (Lipinski definition) is 2. The fourth-order valence-electron chi connectivity index (χ4n) is 2.61. The first-order chi connectivity index (χ1) is 11.8. The number of sulfonamides is 1. The van der Waals surface area contributed by atoms with Gasteiger partial charge in [0, 0.05) is 26.1 Å². The molecule has 0 bridgehead atoms. The summed E-state index contributed by atoms with van der Waals surface area (Å²) in [6.45, 7) is 2.77. The van der Waals surface area contributed by atoms with Crippen molar-refractivity contribution in [1.29, 1.82) is 0 Å². The van der Waals surface area contributed by atoms with Crippen LogP contribution in [0.4, 0.5) is 0 Å². The Morgan fingerprint density at radius 1 is 1.20 bits per heavy atom. The maximum atomic E-state index is 12.4. The average molecular weight is 368 g/mol. The van der Waals surface area contributed by atoms with Crippen LogP contribution < -0.4 is 5.32 Å². The van der Waals surface area contributed by atoms with Crippen LogP contribution >= 0.6 is 0 Å². The Labute approximate surface area is 148 Å². The minimum Gasteiger partial charge on any atom is -0.481 e. The second-order valence-electron chi connectivity index (χ2n) is 6.30. The van der Waals surface area contributed by atoms with Gasteiger partial charge in [-0.15, -0.1) is 0 Å². The van der Waals surface area contributed by atoms with E-state index in [-0.39, 0.29) is 23.8 Å². The molecule has 7 nitrogen and oxygen atoms in total. The normalized spacial score (nSPS) is 16.5. The summed E-state index contributed by atoms with van der Waals surface area (Å²) in [5, 5.41) is 11.4. The summed E-state index contributed by atoms with van der Waals surface area (Å²) < 4.78 is 26.4. The van der Waals surface area contributed by atoms with Gasteiger partial charge in [0.15, 0.2) is 0 Å². The summed E-state index contributed by atoms with van der Waals surface area (Å²) in [5.41, 5.74) is 0.863. The van der Waals surface area contributed by atoms with Gasteiger partial charge >= 0.3 is 5.97 Å². The summed E-state index contributed by atoms with van der Waals surface area (Å²) in [6.07, 6.45) is 2.49. The van der Waals surface area contributed by atoms with Crippen LogP contribution in [0.1, 0.15) is 31.7 Å². The standard InChI is InChI=1S/C17H24N2O5S/c1-13(17(21)22)12-18-16(20)9-6-14-4-7-15(8-5-14)25(23,24)19-10-2-3-11-19/h4-5,7-8,13H,2-3,6,9-12H2,1H3,(H,18,20)(H,21,22). The van der Waals surface area contributed by atoms with Gasteiger partial charge in [0.1, 0.15) is 0 Å². The third-order valence-corrected chi connectivity index (χ3v) is 6.21. The molecular formula is C17H24N2O5S. The number of carboxylic acids is 1. The van der Waals surface area contributed by atoms with E-state index >= 15 is 0 Å². The van der Waals surface area contributed by atoms with E-state index in [1.165, 1.54) is 11.2 Å². The Morgan fingerprint density at radius 3 is 2.36 bits per heavy atom. The zero-order valence-corrected chi connectivity index (χ0v) is 15.1. The fourth-order valence-corrected chi connectivity index (χ4v) is 4.12. The molecule has 1 amide bonds. The van der Waals surface area contributed by atoms with Crippen LogP contribution in [0.5, 0.6) is 0 Å². The maximum Gasteiger partial charge on any atom is 0.308 e. The van der Waals surface area contributed by atoms with Crippen molar-refractivity contribution in [1.82, 2.24) is 9.62 Å². The lowest BCUT2D eigenvalue weighted by molar-refractivity contribution is -0.141. The molecule has 0 aliphatic carbocycles. The minimum absolute atomic E-state index is 0.0984. The van der Waals surface area contributed by atoms with Crippen LogP contribution in [-0.4, -0.2) is 49.3 Å². The quantitative estimate of drug-likeness (QED) is 0.718. The number of aliphatic carboxylic acids is 1. The Bertz CT molecular complexity index is 709. The van der Waals surface area contributed by atoms with E-state index in [1.54, 1.807) is 24.3 Å². The highest BCUT2D eigenvalue weighted by Crippen LogP contribution is 2.21. The predicted octanol–water partition coefficient (Wildman–Crippen LogP) is 1.24. The topological polar surface area (TPSA) is 104 Å². The first-order valence-corrected chi connectivity index (χ1v) is 9.83. The van der Waals surface area contributed by atoms with Crippen molar-refractivity contribution in [3.05, 3.63) is 29.8 Å². The molecule has 1 heterocycles. The molecular weight excluding hydrogens is 344 g/mol. The summed E-state index contributed by atoms with van der Waals surface area (Å²) in [7, 11) is -3.41. The second-order valence-corrected chi connectivity index (χ2v) is 8.24.